The van der Waals surface area contributed by atoms with E-state index in [0.29, 0.717) is 5.92 Å². The largest absolute Gasteiger partial charge is 0.251 e. The van der Waals surface area contributed by atoms with E-state index < -0.39 is 5.92 Å². The van der Waals surface area contributed by atoms with Crippen molar-refractivity contribution >= 4 is 0 Å². The summed E-state index contributed by atoms with van der Waals surface area (Å²) in [5.41, 5.74) is 2.79. The number of hydrogen-bond acceptors (Lipinski definition) is 0. The second kappa shape index (κ2) is 8.85. The molecule has 2 atom stereocenters. The van der Waals surface area contributed by atoms with Gasteiger partial charge in [0.05, 0.1) is 0 Å². The van der Waals surface area contributed by atoms with Crippen LogP contribution in [-0.2, 0) is 6.42 Å². The van der Waals surface area contributed by atoms with Gasteiger partial charge in [0, 0.05) is 12.3 Å². The Labute approximate surface area is 158 Å². The Morgan fingerprint density at radius 1 is 0.923 bits per heavy atom. The van der Waals surface area contributed by atoms with Crippen LogP contribution in [0.15, 0.2) is 24.3 Å². The Balaban J connectivity index is 1.54. The lowest BCUT2D eigenvalue weighted by atomic mass is 9.66. The van der Waals surface area contributed by atoms with Gasteiger partial charge in [-0.05, 0) is 73.8 Å². The first-order valence-corrected chi connectivity index (χ1v) is 11.0. The van der Waals surface area contributed by atoms with E-state index in [0.717, 1.165) is 64.2 Å². The van der Waals surface area contributed by atoms with Gasteiger partial charge in [0.2, 0.25) is 0 Å². The Kier molecular flexibility index (Phi) is 6.75. The number of benzene rings is 1. The summed E-state index contributed by atoms with van der Waals surface area (Å²) in [6.07, 6.45) is 10.4. The van der Waals surface area contributed by atoms with E-state index in [-0.39, 0.29) is 24.2 Å². The number of rotatable bonds is 6. The van der Waals surface area contributed by atoms with Crippen LogP contribution >= 0.6 is 0 Å². The summed E-state index contributed by atoms with van der Waals surface area (Å²) in [5, 5.41) is 0. The molecule has 2 heteroatoms. The number of aryl methyl sites for hydroxylation is 1. The van der Waals surface area contributed by atoms with Crippen LogP contribution < -0.4 is 0 Å². The molecule has 0 amide bonds. The quantitative estimate of drug-likeness (QED) is 0.485. The average molecular weight is 363 g/mol. The third-order valence-corrected chi connectivity index (χ3v) is 7.16. The van der Waals surface area contributed by atoms with Gasteiger partial charge >= 0.3 is 0 Å². The van der Waals surface area contributed by atoms with E-state index in [2.05, 4.69) is 38.1 Å². The van der Waals surface area contributed by atoms with Crippen molar-refractivity contribution in [3.63, 3.8) is 0 Å². The van der Waals surface area contributed by atoms with Crippen molar-refractivity contribution in [2.75, 3.05) is 0 Å². The van der Waals surface area contributed by atoms with Crippen LogP contribution in [0.25, 0.3) is 0 Å². The van der Waals surface area contributed by atoms with Crippen LogP contribution in [0.3, 0.4) is 0 Å². The summed E-state index contributed by atoms with van der Waals surface area (Å²) in [7, 11) is 0. The first kappa shape index (κ1) is 19.8. The molecule has 0 bridgehead atoms. The number of hydrogen-bond donors (Lipinski definition) is 0. The molecule has 2 fully saturated rings. The fourth-order valence-corrected chi connectivity index (χ4v) is 5.46. The van der Waals surface area contributed by atoms with Gasteiger partial charge in [-0.2, -0.15) is 0 Å². The highest BCUT2D eigenvalue weighted by Gasteiger charge is 2.48. The molecule has 0 aromatic heterocycles. The van der Waals surface area contributed by atoms with Gasteiger partial charge < -0.3 is 0 Å². The Morgan fingerprint density at radius 3 is 2.19 bits per heavy atom. The first-order chi connectivity index (χ1) is 12.5. The summed E-state index contributed by atoms with van der Waals surface area (Å²) in [6, 6.07) is 8.98. The molecule has 1 aromatic carbocycles. The first-order valence-electron chi connectivity index (χ1n) is 11.0. The molecule has 146 valence electrons. The van der Waals surface area contributed by atoms with Crippen LogP contribution in [0.5, 0.6) is 0 Å². The van der Waals surface area contributed by atoms with Crippen molar-refractivity contribution < 1.29 is 8.78 Å². The standard InChI is InChI=1S/C24H36F2/c1-3-5-6-19-9-16-23(24(25,26)17-19)22-14-12-21(13-15-22)20-10-7-18(4-2)8-11-20/h7-8,10-11,19,21-23H,3-6,9,12-17H2,1-2H3. The topological polar surface area (TPSA) is 0 Å². The molecule has 0 spiro atoms. The van der Waals surface area contributed by atoms with Crippen molar-refractivity contribution in [2.24, 2.45) is 17.8 Å². The SMILES string of the molecule is CCCCC1CCC(C2CCC(c3ccc(CC)cc3)CC2)C(F)(F)C1. The maximum absolute atomic E-state index is 14.8. The maximum atomic E-state index is 14.8. The van der Waals surface area contributed by atoms with Crippen molar-refractivity contribution in [1.29, 1.82) is 0 Å². The molecule has 2 aliphatic carbocycles. The van der Waals surface area contributed by atoms with Gasteiger partial charge in [0.1, 0.15) is 0 Å². The third-order valence-electron chi connectivity index (χ3n) is 7.16. The zero-order chi connectivity index (χ0) is 18.6. The Hall–Kier alpha value is -0.920. The highest BCUT2D eigenvalue weighted by molar-refractivity contribution is 5.25. The molecular formula is C24H36F2. The van der Waals surface area contributed by atoms with Crippen LogP contribution in [0, 0.1) is 17.8 Å². The van der Waals surface area contributed by atoms with Crippen LogP contribution in [-0.4, -0.2) is 5.92 Å². The molecule has 0 radical (unpaired) electrons. The summed E-state index contributed by atoms with van der Waals surface area (Å²) < 4.78 is 29.7. The fraction of sp³-hybridized carbons (Fsp3) is 0.750. The average Bonchev–Trinajstić information content (AvgIpc) is 2.66. The van der Waals surface area contributed by atoms with Crippen molar-refractivity contribution in [3.8, 4) is 0 Å². The molecule has 0 aliphatic heterocycles. The van der Waals surface area contributed by atoms with E-state index in [1.165, 1.54) is 11.1 Å². The third kappa shape index (κ3) is 4.67. The van der Waals surface area contributed by atoms with Gasteiger partial charge in [0.25, 0.3) is 5.92 Å². The molecule has 26 heavy (non-hydrogen) atoms. The van der Waals surface area contributed by atoms with E-state index in [1.54, 1.807) is 0 Å². The van der Waals surface area contributed by atoms with Crippen LogP contribution in [0.1, 0.15) is 95.1 Å². The fourth-order valence-electron chi connectivity index (χ4n) is 5.46. The second-order valence-corrected chi connectivity index (χ2v) is 8.86. The van der Waals surface area contributed by atoms with Crippen molar-refractivity contribution in [3.05, 3.63) is 35.4 Å². The lowest BCUT2D eigenvalue weighted by molar-refractivity contribution is -0.127. The molecule has 2 saturated carbocycles. The van der Waals surface area contributed by atoms with E-state index in [9.17, 15) is 8.78 Å². The summed E-state index contributed by atoms with van der Waals surface area (Å²) in [6.45, 7) is 4.33. The monoisotopic (exact) mass is 362 g/mol. The molecule has 0 heterocycles. The number of halogens is 2. The second-order valence-electron chi connectivity index (χ2n) is 8.86. The summed E-state index contributed by atoms with van der Waals surface area (Å²) in [4.78, 5) is 0. The van der Waals surface area contributed by atoms with Gasteiger partial charge in [-0.1, -0.05) is 57.4 Å². The minimum Gasteiger partial charge on any atom is -0.207 e. The van der Waals surface area contributed by atoms with Gasteiger partial charge in [-0.25, -0.2) is 8.78 Å². The Morgan fingerprint density at radius 2 is 1.62 bits per heavy atom. The molecule has 3 rings (SSSR count). The van der Waals surface area contributed by atoms with Gasteiger partial charge in [-0.15, -0.1) is 0 Å². The lowest BCUT2D eigenvalue weighted by Crippen LogP contribution is -2.41. The van der Waals surface area contributed by atoms with Crippen LogP contribution in [0.4, 0.5) is 8.78 Å². The Bertz CT molecular complexity index is 540. The molecule has 0 N–H and O–H groups in total. The maximum Gasteiger partial charge on any atom is 0.251 e. The summed E-state index contributed by atoms with van der Waals surface area (Å²) >= 11 is 0. The highest BCUT2D eigenvalue weighted by atomic mass is 19.3. The minimum atomic E-state index is -2.43. The zero-order valence-corrected chi connectivity index (χ0v) is 16.7. The van der Waals surface area contributed by atoms with Crippen molar-refractivity contribution in [1.82, 2.24) is 0 Å². The van der Waals surface area contributed by atoms with Gasteiger partial charge in [-0.3, -0.25) is 0 Å². The molecular weight excluding hydrogens is 326 g/mol. The normalized spacial score (nSPS) is 31.7. The van der Waals surface area contributed by atoms with E-state index in [1.807, 2.05) is 0 Å². The predicted molar refractivity (Wildman–Crippen MR) is 106 cm³/mol. The molecule has 1 aromatic rings. The molecule has 0 nitrogen and oxygen atoms in total. The van der Waals surface area contributed by atoms with Crippen molar-refractivity contribution in [2.45, 2.75) is 96.3 Å². The molecule has 0 saturated heterocycles. The highest BCUT2D eigenvalue weighted by Crippen LogP contribution is 2.50. The van der Waals surface area contributed by atoms with Crippen LogP contribution in [0.2, 0.25) is 0 Å². The zero-order valence-electron chi connectivity index (χ0n) is 16.7. The number of alkyl halides is 2. The minimum absolute atomic E-state index is 0.149. The smallest absolute Gasteiger partial charge is 0.207 e. The molecule has 2 aliphatic rings. The summed E-state index contributed by atoms with van der Waals surface area (Å²) in [5.74, 6) is -1.72. The lowest BCUT2D eigenvalue weighted by Gasteiger charge is -2.42. The van der Waals surface area contributed by atoms with E-state index >= 15 is 0 Å². The van der Waals surface area contributed by atoms with Gasteiger partial charge in [0.15, 0.2) is 0 Å². The van der Waals surface area contributed by atoms with E-state index in [4.69, 9.17) is 0 Å². The molecule has 2 unspecified atom stereocenters. The predicted octanol–water partition coefficient (Wildman–Crippen LogP) is 7.76. The number of unbranched alkanes of at least 4 members (excludes halogenated alkanes) is 1.